The Balaban J connectivity index is 1.41. The quantitative estimate of drug-likeness (QED) is 0.918. The minimum atomic E-state index is -0.0548. The Kier molecular flexibility index (Phi) is 4.81. The van der Waals surface area contributed by atoms with E-state index in [0.29, 0.717) is 5.56 Å². The smallest absolute Gasteiger partial charge is 0.256 e. The van der Waals surface area contributed by atoms with E-state index in [-0.39, 0.29) is 5.91 Å². The van der Waals surface area contributed by atoms with Crippen LogP contribution in [-0.4, -0.2) is 33.7 Å². The molecule has 1 aliphatic heterocycles. The van der Waals surface area contributed by atoms with Gasteiger partial charge < -0.3 is 5.32 Å². The molecule has 26 heavy (non-hydrogen) atoms. The van der Waals surface area contributed by atoms with Crippen molar-refractivity contribution in [2.45, 2.75) is 45.6 Å². The number of fused-ring (bicyclic) bond motifs is 1. The van der Waals surface area contributed by atoms with Gasteiger partial charge >= 0.3 is 0 Å². The highest BCUT2D eigenvalue weighted by Gasteiger charge is 2.22. The van der Waals surface area contributed by atoms with E-state index in [4.69, 9.17) is 0 Å². The monoisotopic (exact) mass is 352 g/mol. The zero-order valence-corrected chi connectivity index (χ0v) is 15.8. The number of nitrogens with one attached hydrogen (secondary N) is 1. The molecule has 1 atom stereocenters. The van der Waals surface area contributed by atoms with Gasteiger partial charge in [-0.3, -0.25) is 14.4 Å². The second-order valence-corrected chi connectivity index (χ2v) is 7.88. The number of carbonyl (C=O) groups is 1. The van der Waals surface area contributed by atoms with Crippen molar-refractivity contribution in [3.05, 3.63) is 46.6 Å². The SMILES string of the molecule is C[C@@H]1CCCN(Cc2ccc(C(=O)Nc3c4c(nn3C)CCC4)cc2)C1. The number of nitrogens with zero attached hydrogens (tertiary/aromatic N) is 3. The maximum atomic E-state index is 12.6. The van der Waals surface area contributed by atoms with Crippen LogP contribution in [0.25, 0.3) is 0 Å². The molecule has 2 aliphatic rings. The number of amides is 1. The van der Waals surface area contributed by atoms with E-state index in [1.807, 2.05) is 19.2 Å². The fourth-order valence-corrected chi connectivity index (χ4v) is 4.31. The second-order valence-electron chi connectivity index (χ2n) is 7.88. The lowest BCUT2D eigenvalue weighted by Gasteiger charge is -2.30. The van der Waals surface area contributed by atoms with Crippen LogP contribution in [0, 0.1) is 5.92 Å². The van der Waals surface area contributed by atoms with Gasteiger partial charge in [0.15, 0.2) is 0 Å². The lowest BCUT2D eigenvalue weighted by molar-refractivity contribution is 0.102. The molecule has 0 saturated carbocycles. The highest BCUT2D eigenvalue weighted by molar-refractivity contribution is 6.04. The molecule has 0 unspecified atom stereocenters. The van der Waals surface area contributed by atoms with Gasteiger partial charge in [0, 0.05) is 31.3 Å². The van der Waals surface area contributed by atoms with Gasteiger partial charge in [0.05, 0.1) is 5.69 Å². The molecule has 1 fully saturated rings. The predicted octanol–water partition coefficient (Wildman–Crippen LogP) is 3.39. The number of likely N-dealkylation sites (tertiary alicyclic amines) is 1. The lowest BCUT2D eigenvalue weighted by atomic mass is 9.99. The average molecular weight is 352 g/mol. The van der Waals surface area contributed by atoms with Gasteiger partial charge in [0.1, 0.15) is 5.82 Å². The second kappa shape index (κ2) is 7.23. The van der Waals surface area contributed by atoms with E-state index >= 15 is 0 Å². The number of piperidine rings is 1. The molecule has 4 rings (SSSR count). The topological polar surface area (TPSA) is 50.2 Å². The standard InChI is InChI=1S/C21H28N4O/c1-15-5-4-12-25(13-15)14-16-8-10-17(11-9-16)21(26)22-20-18-6-3-7-19(18)23-24(20)2/h8-11,15H,3-7,12-14H2,1-2H3,(H,22,26)/t15-/m1/s1. The first-order valence-electron chi connectivity index (χ1n) is 9.77. The Bertz CT molecular complexity index is 793. The van der Waals surface area contributed by atoms with E-state index < -0.39 is 0 Å². The molecule has 0 bridgehead atoms. The average Bonchev–Trinajstić information content (AvgIpc) is 3.18. The molecular formula is C21H28N4O. The molecule has 138 valence electrons. The van der Waals surface area contributed by atoms with Crippen LogP contribution in [0.15, 0.2) is 24.3 Å². The maximum Gasteiger partial charge on any atom is 0.256 e. The number of carbonyl (C=O) groups excluding carboxylic acids is 1. The van der Waals surface area contributed by atoms with E-state index in [1.54, 1.807) is 4.68 Å². The van der Waals surface area contributed by atoms with Crippen molar-refractivity contribution in [2.24, 2.45) is 13.0 Å². The zero-order chi connectivity index (χ0) is 18.1. The minimum absolute atomic E-state index is 0.0548. The van der Waals surface area contributed by atoms with Crippen molar-refractivity contribution < 1.29 is 4.79 Å². The summed E-state index contributed by atoms with van der Waals surface area (Å²) in [4.78, 5) is 15.2. The van der Waals surface area contributed by atoms with Crippen LogP contribution in [0.5, 0.6) is 0 Å². The molecule has 0 spiro atoms. The van der Waals surface area contributed by atoms with Gasteiger partial charge in [-0.1, -0.05) is 19.1 Å². The molecule has 1 amide bonds. The van der Waals surface area contributed by atoms with Crippen molar-refractivity contribution in [1.82, 2.24) is 14.7 Å². The number of rotatable bonds is 4. The number of hydrogen-bond acceptors (Lipinski definition) is 3. The normalized spacial score (nSPS) is 20.2. The molecule has 1 aromatic heterocycles. The van der Waals surface area contributed by atoms with E-state index in [9.17, 15) is 4.79 Å². The summed E-state index contributed by atoms with van der Waals surface area (Å²) >= 11 is 0. The van der Waals surface area contributed by atoms with Crippen LogP contribution < -0.4 is 5.32 Å². The maximum absolute atomic E-state index is 12.6. The third-order valence-corrected chi connectivity index (χ3v) is 5.66. The third kappa shape index (κ3) is 3.54. The van der Waals surface area contributed by atoms with Crippen LogP contribution in [-0.2, 0) is 26.4 Å². The van der Waals surface area contributed by atoms with Crippen molar-refractivity contribution >= 4 is 11.7 Å². The third-order valence-electron chi connectivity index (χ3n) is 5.66. The number of anilines is 1. The largest absolute Gasteiger partial charge is 0.307 e. The van der Waals surface area contributed by atoms with Crippen LogP contribution in [0.1, 0.15) is 53.4 Å². The number of benzene rings is 1. The zero-order valence-electron chi connectivity index (χ0n) is 15.8. The van der Waals surface area contributed by atoms with Crippen molar-refractivity contribution in [2.75, 3.05) is 18.4 Å². The Labute approximate surface area is 155 Å². The molecule has 2 aromatic rings. The molecular weight excluding hydrogens is 324 g/mol. The first-order chi connectivity index (χ1) is 12.6. The van der Waals surface area contributed by atoms with Gasteiger partial charge in [-0.15, -0.1) is 0 Å². The molecule has 1 aliphatic carbocycles. The number of hydrogen-bond donors (Lipinski definition) is 1. The van der Waals surface area contributed by atoms with Crippen LogP contribution in [0.4, 0.5) is 5.82 Å². The molecule has 1 saturated heterocycles. The summed E-state index contributed by atoms with van der Waals surface area (Å²) in [6.45, 7) is 5.66. The Morgan fingerprint density at radius 3 is 2.81 bits per heavy atom. The molecule has 5 nitrogen and oxygen atoms in total. The van der Waals surface area contributed by atoms with Gasteiger partial charge in [-0.05, 0) is 62.3 Å². The minimum Gasteiger partial charge on any atom is -0.307 e. The van der Waals surface area contributed by atoms with Gasteiger partial charge in [-0.2, -0.15) is 5.10 Å². The first kappa shape index (κ1) is 17.3. The molecule has 1 N–H and O–H groups in total. The predicted molar refractivity (Wildman–Crippen MR) is 103 cm³/mol. The Morgan fingerprint density at radius 1 is 1.23 bits per heavy atom. The summed E-state index contributed by atoms with van der Waals surface area (Å²) in [5.41, 5.74) is 4.32. The van der Waals surface area contributed by atoms with E-state index in [0.717, 1.165) is 43.2 Å². The van der Waals surface area contributed by atoms with Crippen LogP contribution in [0.3, 0.4) is 0 Å². The van der Waals surface area contributed by atoms with Gasteiger partial charge in [0.2, 0.25) is 0 Å². The van der Waals surface area contributed by atoms with E-state index in [2.05, 4.69) is 34.4 Å². The lowest BCUT2D eigenvalue weighted by Crippen LogP contribution is -2.33. The fraction of sp³-hybridized carbons (Fsp3) is 0.524. The fourth-order valence-electron chi connectivity index (χ4n) is 4.31. The summed E-state index contributed by atoms with van der Waals surface area (Å²) in [6, 6.07) is 8.05. The summed E-state index contributed by atoms with van der Waals surface area (Å²) in [5.74, 6) is 1.59. The molecule has 2 heterocycles. The highest BCUT2D eigenvalue weighted by Crippen LogP contribution is 2.28. The Morgan fingerprint density at radius 2 is 2.04 bits per heavy atom. The number of aromatic nitrogens is 2. The number of aryl methyl sites for hydroxylation is 2. The highest BCUT2D eigenvalue weighted by atomic mass is 16.1. The van der Waals surface area contributed by atoms with Gasteiger partial charge in [0.25, 0.3) is 5.91 Å². The van der Waals surface area contributed by atoms with Gasteiger partial charge in [-0.25, -0.2) is 0 Å². The van der Waals surface area contributed by atoms with Crippen molar-refractivity contribution in [3.63, 3.8) is 0 Å². The summed E-state index contributed by atoms with van der Waals surface area (Å²) in [7, 11) is 1.90. The summed E-state index contributed by atoms with van der Waals surface area (Å²) in [5, 5.41) is 7.58. The van der Waals surface area contributed by atoms with E-state index in [1.165, 1.54) is 37.1 Å². The molecule has 5 heteroatoms. The van der Waals surface area contributed by atoms with Crippen molar-refractivity contribution in [1.29, 1.82) is 0 Å². The Hall–Kier alpha value is -2.14. The van der Waals surface area contributed by atoms with Crippen LogP contribution >= 0.6 is 0 Å². The summed E-state index contributed by atoms with van der Waals surface area (Å²) < 4.78 is 1.80. The first-order valence-corrected chi connectivity index (χ1v) is 9.77. The molecule has 0 radical (unpaired) electrons. The van der Waals surface area contributed by atoms with Crippen molar-refractivity contribution in [3.8, 4) is 0 Å². The molecule has 1 aromatic carbocycles. The summed E-state index contributed by atoms with van der Waals surface area (Å²) in [6.07, 6.45) is 5.78. The van der Waals surface area contributed by atoms with Crippen LogP contribution in [0.2, 0.25) is 0 Å².